The van der Waals surface area contributed by atoms with Crippen molar-refractivity contribution in [2.24, 2.45) is 22.4 Å². The number of fused-ring (bicyclic) bond motifs is 1. The van der Waals surface area contributed by atoms with Crippen LogP contribution in [0.15, 0.2) is 45.9 Å². The van der Waals surface area contributed by atoms with Crippen molar-refractivity contribution in [1.82, 2.24) is 9.73 Å². The molecule has 2 fully saturated rings. The Morgan fingerprint density at radius 1 is 1.29 bits per heavy atom. The molecule has 1 heterocycles. The first kappa shape index (κ1) is 19.3. The first-order chi connectivity index (χ1) is 13.3. The SMILES string of the molecule is CC1(C)[C@H]2CC=C(/C=N\NC(=O)c3cccc(S(=O)(=O)N4CCCC4)c3)[C@@H]1C2. The molecule has 7 heteroatoms. The van der Waals surface area contributed by atoms with E-state index in [1.165, 1.54) is 28.4 Å². The lowest BCUT2D eigenvalue weighted by atomic mass is 9.49. The molecule has 0 aromatic heterocycles. The van der Waals surface area contributed by atoms with E-state index in [9.17, 15) is 13.2 Å². The maximum atomic E-state index is 12.7. The zero-order chi connectivity index (χ0) is 19.9. The Labute approximate surface area is 166 Å². The first-order valence-electron chi connectivity index (χ1n) is 9.94. The van der Waals surface area contributed by atoms with E-state index in [2.05, 4.69) is 30.5 Å². The lowest BCUT2D eigenvalue weighted by Gasteiger charge is -2.55. The van der Waals surface area contributed by atoms with Crippen molar-refractivity contribution in [1.29, 1.82) is 0 Å². The van der Waals surface area contributed by atoms with Crippen LogP contribution in [0.3, 0.4) is 0 Å². The summed E-state index contributed by atoms with van der Waals surface area (Å²) >= 11 is 0. The van der Waals surface area contributed by atoms with Crippen LogP contribution in [0.2, 0.25) is 0 Å². The third kappa shape index (κ3) is 3.31. The zero-order valence-corrected chi connectivity index (χ0v) is 17.2. The molecule has 2 bridgehead atoms. The van der Waals surface area contributed by atoms with Gasteiger partial charge in [-0.15, -0.1) is 0 Å². The predicted octanol–water partition coefficient (Wildman–Crippen LogP) is 3.18. The van der Waals surface area contributed by atoms with Crippen LogP contribution in [0.5, 0.6) is 0 Å². The van der Waals surface area contributed by atoms with E-state index in [-0.39, 0.29) is 4.90 Å². The average Bonchev–Trinajstić information content (AvgIpc) is 3.23. The number of carbonyl (C=O) groups excluding carboxylic acids is 1. The Kier molecular flexibility index (Phi) is 4.91. The molecule has 1 amide bonds. The van der Waals surface area contributed by atoms with E-state index in [4.69, 9.17) is 0 Å². The van der Waals surface area contributed by atoms with Crippen LogP contribution in [0.4, 0.5) is 0 Å². The largest absolute Gasteiger partial charge is 0.271 e. The Morgan fingerprint density at radius 3 is 2.71 bits per heavy atom. The Hall–Kier alpha value is -1.99. The van der Waals surface area contributed by atoms with Gasteiger partial charge in [0.15, 0.2) is 0 Å². The number of nitrogens with zero attached hydrogens (tertiary/aromatic N) is 2. The number of hydrogen-bond acceptors (Lipinski definition) is 4. The molecule has 1 aromatic carbocycles. The van der Waals surface area contributed by atoms with Crippen molar-refractivity contribution in [3.8, 4) is 0 Å². The van der Waals surface area contributed by atoms with E-state index in [1.807, 2.05) is 0 Å². The number of nitrogens with one attached hydrogen (secondary N) is 1. The van der Waals surface area contributed by atoms with Gasteiger partial charge in [0, 0.05) is 18.7 Å². The summed E-state index contributed by atoms with van der Waals surface area (Å²) in [6.45, 7) is 5.65. The minimum Gasteiger partial charge on any atom is -0.267 e. The smallest absolute Gasteiger partial charge is 0.267 e. The molecule has 150 valence electrons. The number of rotatable bonds is 5. The highest BCUT2D eigenvalue weighted by Crippen LogP contribution is 2.58. The maximum Gasteiger partial charge on any atom is 0.271 e. The fourth-order valence-corrected chi connectivity index (χ4v) is 6.21. The molecule has 3 aliphatic carbocycles. The molecule has 0 radical (unpaired) electrons. The lowest BCUT2D eigenvalue weighted by Crippen LogP contribution is -2.48. The molecule has 1 aliphatic heterocycles. The molecule has 0 unspecified atom stereocenters. The Bertz CT molecular complexity index is 943. The summed E-state index contributed by atoms with van der Waals surface area (Å²) in [7, 11) is -3.54. The molecule has 1 aromatic rings. The molecule has 6 nitrogen and oxygen atoms in total. The number of carbonyl (C=O) groups is 1. The van der Waals surface area contributed by atoms with Gasteiger partial charge in [0.25, 0.3) is 5.91 Å². The van der Waals surface area contributed by atoms with Gasteiger partial charge in [-0.1, -0.05) is 26.0 Å². The van der Waals surface area contributed by atoms with Gasteiger partial charge < -0.3 is 0 Å². The van der Waals surface area contributed by atoms with Crippen LogP contribution in [-0.2, 0) is 10.0 Å². The molecule has 5 rings (SSSR count). The lowest BCUT2D eigenvalue weighted by molar-refractivity contribution is -0.00126. The fraction of sp³-hybridized carbons (Fsp3) is 0.524. The van der Waals surface area contributed by atoms with Crippen LogP contribution in [0.1, 0.15) is 49.9 Å². The van der Waals surface area contributed by atoms with Gasteiger partial charge >= 0.3 is 0 Å². The minimum absolute atomic E-state index is 0.156. The topological polar surface area (TPSA) is 78.8 Å². The van der Waals surface area contributed by atoms with E-state index in [0.717, 1.165) is 25.2 Å². The van der Waals surface area contributed by atoms with Gasteiger partial charge in [0.1, 0.15) is 0 Å². The van der Waals surface area contributed by atoms with Crippen LogP contribution in [0.25, 0.3) is 0 Å². The molecular weight excluding hydrogens is 374 g/mol. The van der Waals surface area contributed by atoms with Gasteiger partial charge in [-0.2, -0.15) is 9.41 Å². The number of hydrazone groups is 1. The summed E-state index contributed by atoms with van der Waals surface area (Å²) in [5, 5.41) is 4.13. The second-order valence-corrected chi connectivity index (χ2v) is 10.5. The monoisotopic (exact) mass is 401 g/mol. The molecular formula is C21H27N3O3S. The number of benzene rings is 1. The molecule has 4 aliphatic rings. The fourth-order valence-electron chi connectivity index (χ4n) is 4.65. The van der Waals surface area contributed by atoms with Gasteiger partial charge in [0.05, 0.1) is 11.1 Å². The normalized spacial score (nSPS) is 26.7. The van der Waals surface area contributed by atoms with Crippen LogP contribution < -0.4 is 5.43 Å². The standard InChI is InChI=1S/C21H27N3O3S/c1-21(2)17-9-8-16(19(21)13-17)14-22-23-20(25)15-6-5-7-18(12-15)28(26,27)24-10-3-4-11-24/h5-8,12,14,17,19H,3-4,9-11,13H2,1-2H3,(H,23,25)/b22-14-/t17-,19-/m0/s1. The zero-order valence-electron chi connectivity index (χ0n) is 16.4. The van der Waals surface area contributed by atoms with Gasteiger partial charge in [-0.05, 0) is 66.7 Å². The van der Waals surface area contributed by atoms with Crippen molar-refractivity contribution in [2.75, 3.05) is 13.1 Å². The van der Waals surface area contributed by atoms with E-state index in [0.29, 0.717) is 30.0 Å². The number of hydrogen-bond donors (Lipinski definition) is 1. The van der Waals surface area contributed by atoms with E-state index in [1.54, 1.807) is 18.3 Å². The van der Waals surface area contributed by atoms with Crippen molar-refractivity contribution in [2.45, 2.75) is 44.4 Å². The summed E-state index contributed by atoms with van der Waals surface area (Å²) in [5.41, 5.74) is 4.31. The Morgan fingerprint density at radius 2 is 2.04 bits per heavy atom. The second kappa shape index (κ2) is 7.12. The van der Waals surface area contributed by atoms with Crippen molar-refractivity contribution in [3.05, 3.63) is 41.5 Å². The second-order valence-electron chi connectivity index (χ2n) is 8.58. The highest BCUT2D eigenvalue weighted by Gasteiger charge is 2.50. The number of amides is 1. The third-order valence-corrected chi connectivity index (χ3v) is 8.58. The van der Waals surface area contributed by atoms with Crippen LogP contribution >= 0.6 is 0 Å². The van der Waals surface area contributed by atoms with Crippen molar-refractivity contribution in [3.63, 3.8) is 0 Å². The van der Waals surface area contributed by atoms with Crippen LogP contribution in [0, 0.1) is 17.3 Å². The molecule has 1 saturated heterocycles. The van der Waals surface area contributed by atoms with Crippen molar-refractivity contribution < 1.29 is 13.2 Å². The maximum absolute atomic E-state index is 12.7. The van der Waals surface area contributed by atoms with Gasteiger partial charge in [0.2, 0.25) is 10.0 Å². The minimum atomic E-state index is -3.54. The molecule has 0 spiro atoms. The molecule has 28 heavy (non-hydrogen) atoms. The summed E-state index contributed by atoms with van der Waals surface area (Å²) in [4.78, 5) is 12.6. The number of allylic oxidation sites excluding steroid dienone is 2. The highest BCUT2D eigenvalue weighted by molar-refractivity contribution is 7.89. The van der Waals surface area contributed by atoms with Crippen LogP contribution in [-0.4, -0.2) is 37.9 Å². The molecule has 2 atom stereocenters. The first-order valence-corrected chi connectivity index (χ1v) is 11.4. The van der Waals surface area contributed by atoms with E-state index < -0.39 is 15.9 Å². The summed E-state index contributed by atoms with van der Waals surface area (Å²) in [6.07, 6.45) is 7.96. The average molecular weight is 402 g/mol. The Balaban J connectivity index is 1.44. The summed E-state index contributed by atoms with van der Waals surface area (Å²) < 4.78 is 26.9. The molecule has 1 saturated carbocycles. The highest BCUT2D eigenvalue weighted by atomic mass is 32.2. The third-order valence-electron chi connectivity index (χ3n) is 6.69. The number of sulfonamides is 1. The summed E-state index contributed by atoms with van der Waals surface area (Å²) in [6, 6.07) is 6.17. The van der Waals surface area contributed by atoms with Crippen molar-refractivity contribution >= 4 is 22.1 Å². The van der Waals surface area contributed by atoms with E-state index >= 15 is 0 Å². The quantitative estimate of drug-likeness (QED) is 0.608. The van der Waals surface area contributed by atoms with Gasteiger partial charge in [-0.25, -0.2) is 13.8 Å². The summed E-state index contributed by atoms with van der Waals surface area (Å²) in [5.74, 6) is 0.849. The molecule has 1 N–H and O–H groups in total. The predicted molar refractivity (Wildman–Crippen MR) is 108 cm³/mol. The van der Waals surface area contributed by atoms with Gasteiger partial charge in [-0.3, -0.25) is 4.79 Å².